The molecule has 0 saturated carbocycles. The molecule has 0 radical (unpaired) electrons. The first-order chi connectivity index (χ1) is 26.7. The molecule has 13 heteroatoms. The number of aliphatic imine (C=N–C) groups is 1. The standard InChI is InChI=1S/C43H53N7O6/c1-22(2)36(48-41(52)54-8)40(51)50-24(4)9-14-33(50)38-44-19-32(46-38)26-10-12-28-27(16-26)21-55-35-18-29-25(17-30(28)35)11-13-31-37(29)47-39(45-31)34-15-23(3)20-49(34)42(53)56-43(5,6)7/h10-13,16-18,22-24,32-34,36H,9,14-15,19-21H2,1-8H3,(H,44,46)(H,45,47)(H,48,52). The third kappa shape index (κ3) is 6.89. The Morgan fingerprint density at radius 2 is 1.82 bits per heavy atom. The van der Waals surface area contributed by atoms with E-state index in [0.717, 1.165) is 80.7 Å². The summed E-state index contributed by atoms with van der Waals surface area (Å²) in [6, 6.07) is 13.9. The van der Waals surface area contributed by atoms with Crippen LogP contribution in [-0.2, 0) is 20.9 Å². The molecule has 4 aliphatic heterocycles. The van der Waals surface area contributed by atoms with Gasteiger partial charge < -0.3 is 34.7 Å². The number of fused-ring (bicyclic) bond motifs is 6. The van der Waals surface area contributed by atoms with Crippen LogP contribution < -0.4 is 15.4 Å². The van der Waals surface area contributed by atoms with Crippen molar-refractivity contribution in [3.63, 3.8) is 0 Å². The number of alkyl carbamates (subject to hydrolysis) is 1. The highest BCUT2D eigenvalue weighted by Gasteiger charge is 2.43. The van der Waals surface area contributed by atoms with E-state index in [1.807, 2.05) is 39.5 Å². The number of nitrogens with one attached hydrogen (secondary N) is 3. The lowest BCUT2D eigenvalue weighted by Crippen LogP contribution is -2.56. The number of aromatic nitrogens is 2. The van der Waals surface area contributed by atoms with Crippen LogP contribution in [-0.4, -0.2) is 87.6 Å². The summed E-state index contributed by atoms with van der Waals surface area (Å²) in [6.07, 6.45) is 1.54. The monoisotopic (exact) mass is 763 g/mol. The van der Waals surface area contributed by atoms with Crippen LogP contribution in [0.25, 0.3) is 32.9 Å². The number of amidine groups is 1. The van der Waals surface area contributed by atoms with Crippen LogP contribution in [0.1, 0.15) is 96.8 Å². The van der Waals surface area contributed by atoms with E-state index in [1.54, 1.807) is 4.90 Å². The van der Waals surface area contributed by atoms with Gasteiger partial charge in [-0.05, 0) is 105 Å². The van der Waals surface area contributed by atoms with Crippen molar-refractivity contribution in [2.75, 3.05) is 20.2 Å². The maximum atomic E-state index is 13.8. The Kier molecular flexibility index (Phi) is 9.61. The van der Waals surface area contributed by atoms with Gasteiger partial charge in [0.15, 0.2) is 0 Å². The van der Waals surface area contributed by atoms with Gasteiger partial charge in [-0.15, -0.1) is 0 Å². The van der Waals surface area contributed by atoms with Crippen molar-refractivity contribution >= 4 is 45.7 Å². The number of benzene rings is 3. The molecule has 5 heterocycles. The molecule has 0 aliphatic carbocycles. The average Bonchev–Trinajstić information content (AvgIpc) is 3.97. The quantitative estimate of drug-likeness (QED) is 0.184. The predicted molar refractivity (Wildman–Crippen MR) is 215 cm³/mol. The Hall–Kier alpha value is -5.33. The number of nitrogens with zero attached hydrogens (tertiary/aromatic N) is 4. The number of amides is 3. The predicted octanol–water partition coefficient (Wildman–Crippen LogP) is 7.40. The lowest BCUT2D eigenvalue weighted by molar-refractivity contribution is -0.136. The van der Waals surface area contributed by atoms with Crippen LogP contribution in [0.5, 0.6) is 5.75 Å². The van der Waals surface area contributed by atoms with E-state index in [4.69, 9.17) is 24.2 Å². The summed E-state index contributed by atoms with van der Waals surface area (Å²) in [6.45, 7) is 15.3. The zero-order chi connectivity index (χ0) is 39.6. The second-order valence-corrected chi connectivity index (χ2v) is 17.3. The van der Waals surface area contributed by atoms with Gasteiger partial charge in [0.2, 0.25) is 5.91 Å². The number of aromatic amines is 1. The third-order valence-electron chi connectivity index (χ3n) is 11.6. The summed E-state index contributed by atoms with van der Waals surface area (Å²) in [5, 5.41) is 8.44. The Morgan fingerprint density at radius 3 is 2.57 bits per heavy atom. The molecule has 3 amide bonds. The van der Waals surface area contributed by atoms with Crippen LogP contribution in [0.3, 0.4) is 0 Å². The summed E-state index contributed by atoms with van der Waals surface area (Å²) in [5.74, 6) is 2.50. The molecule has 6 unspecified atom stereocenters. The lowest BCUT2D eigenvalue weighted by atomic mass is 9.91. The fraction of sp³-hybridized carbons (Fsp3) is 0.512. The molecule has 296 valence electrons. The molecule has 4 aromatic rings. The first kappa shape index (κ1) is 37.6. The highest BCUT2D eigenvalue weighted by Crippen LogP contribution is 2.43. The number of H-pyrrole nitrogens is 1. The number of imidazole rings is 1. The van der Waals surface area contributed by atoms with Gasteiger partial charge in [0.1, 0.15) is 35.7 Å². The van der Waals surface area contributed by atoms with E-state index in [-0.39, 0.29) is 42.1 Å². The van der Waals surface area contributed by atoms with Crippen LogP contribution in [0, 0.1) is 11.8 Å². The first-order valence-corrected chi connectivity index (χ1v) is 19.9. The fourth-order valence-corrected chi connectivity index (χ4v) is 8.86. The van der Waals surface area contributed by atoms with Gasteiger partial charge in [0.05, 0.1) is 42.8 Å². The summed E-state index contributed by atoms with van der Waals surface area (Å²) < 4.78 is 17.0. The number of hydrogen-bond acceptors (Lipinski definition) is 9. The molecule has 56 heavy (non-hydrogen) atoms. The summed E-state index contributed by atoms with van der Waals surface area (Å²) in [7, 11) is 1.30. The van der Waals surface area contributed by atoms with Crippen molar-refractivity contribution < 1.29 is 28.6 Å². The van der Waals surface area contributed by atoms with Crippen molar-refractivity contribution in [1.82, 2.24) is 30.4 Å². The Balaban J connectivity index is 1.01. The molecule has 1 aromatic heterocycles. The Labute approximate surface area is 327 Å². The summed E-state index contributed by atoms with van der Waals surface area (Å²) >= 11 is 0. The number of ether oxygens (including phenoxy) is 3. The molecule has 3 N–H and O–H groups in total. The average molecular weight is 764 g/mol. The number of rotatable bonds is 6. The Morgan fingerprint density at radius 1 is 1.02 bits per heavy atom. The molecular formula is C43H53N7O6. The van der Waals surface area contributed by atoms with Gasteiger partial charge in [-0.3, -0.25) is 14.7 Å². The molecule has 0 bridgehead atoms. The van der Waals surface area contributed by atoms with Crippen LogP contribution in [0.4, 0.5) is 9.59 Å². The maximum absolute atomic E-state index is 13.8. The van der Waals surface area contributed by atoms with E-state index in [0.29, 0.717) is 25.6 Å². The van der Waals surface area contributed by atoms with Gasteiger partial charge in [0, 0.05) is 23.5 Å². The SMILES string of the molecule is COC(=O)NC(C(=O)N1C(C)CCC1C1=NCC(c2ccc3c(c2)COc2cc4c(ccc5[nH]c(C6CC(C)CN6C(=O)OC(C)(C)C)nc54)cc2-3)N1)C(C)C. The summed E-state index contributed by atoms with van der Waals surface area (Å²) in [5.41, 5.74) is 5.57. The number of hydrogen-bond donors (Lipinski definition) is 3. The molecule has 4 aliphatic rings. The van der Waals surface area contributed by atoms with E-state index in [1.165, 1.54) is 7.11 Å². The minimum Gasteiger partial charge on any atom is -0.488 e. The molecule has 8 rings (SSSR count). The normalized spacial score (nSPS) is 23.7. The van der Waals surface area contributed by atoms with Gasteiger partial charge in [0.25, 0.3) is 0 Å². The van der Waals surface area contributed by atoms with Crippen molar-refractivity contribution in [3.05, 3.63) is 59.4 Å². The Bertz CT molecular complexity index is 2240. The smallest absolute Gasteiger partial charge is 0.410 e. The first-order valence-electron chi connectivity index (χ1n) is 19.9. The van der Waals surface area contributed by atoms with Crippen molar-refractivity contribution in [1.29, 1.82) is 0 Å². The van der Waals surface area contributed by atoms with Crippen molar-refractivity contribution in [2.45, 2.75) is 110 Å². The largest absolute Gasteiger partial charge is 0.488 e. The molecule has 0 spiro atoms. The van der Waals surface area contributed by atoms with Crippen LogP contribution in [0.2, 0.25) is 0 Å². The van der Waals surface area contributed by atoms with E-state index < -0.39 is 17.7 Å². The van der Waals surface area contributed by atoms with Gasteiger partial charge in [-0.1, -0.05) is 39.0 Å². The van der Waals surface area contributed by atoms with Crippen LogP contribution >= 0.6 is 0 Å². The highest BCUT2D eigenvalue weighted by molar-refractivity contribution is 6.07. The van der Waals surface area contributed by atoms with E-state index in [9.17, 15) is 14.4 Å². The summed E-state index contributed by atoms with van der Waals surface area (Å²) in [4.78, 5) is 56.3. The maximum Gasteiger partial charge on any atom is 0.410 e. The zero-order valence-electron chi connectivity index (χ0n) is 33.6. The number of carbonyl (C=O) groups excluding carboxylic acids is 3. The topological polar surface area (TPSA) is 150 Å². The molecule has 6 atom stereocenters. The molecule has 2 fully saturated rings. The van der Waals surface area contributed by atoms with Gasteiger partial charge >= 0.3 is 12.2 Å². The van der Waals surface area contributed by atoms with E-state index in [2.05, 4.69) is 71.9 Å². The fourth-order valence-electron chi connectivity index (χ4n) is 8.86. The molecular weight excluding hydrogens is 711 g/mol. The minimum atomic E-state index is -0.690. The number of methoxy groups -OCH3 is 1. The molecule has 2 saturated heterocycles. The highest BCUT2D eigenvalue weighted by atomic mass is 16.6. The van der Waals surface area contributed by atoms with E-state index >= 15 is 0 Å². The van der Waals surface area contributed by atoms with Crippen molar-refractivity contribution in [2.24, 2.45) is 16.8 Å². The van der Waals surface area contributed by atoms with Crippen LogP contribution in [0.15, 0.2) is 47.5 Å². The lowest BCUT2D eigenvalue weighted by Gasteiger charge is -2.34. The molecule has 3 aromatic carbocycles. The second-order valence-electron chi connectivity index (χ2n) is 17.3. The van der Waals surface area contributed by atoms with Gasteiger partial charge in [-0.2, -0.15) is 0 Å². The zero-order valence-corrected chi connectivity index (χ0v) is 33.6. The minimum absolute atomic E-state index is 0.0191. The second kappa shape index (κ2) is 14.3. The number of carbonyl (C=O) groups is 3. The van der Waals surface area contributed by atoms with Crippen molar-refractivity contribution in [3.8, 4) is 16.9 Å². The molecule has 13 nitrogen and oxygen atoms in total. The number of likely N-dealkylation sites (tertiary alicyclic amines) is 2. The van der Waals surface area contributed by atoms with Gasteiger partial charge in [-0.25, -0.2) is 14.6 Å². The third-order valence-corrected chi connectivity index (χ3v) is 11.6.